The molecular formula is C20H23ClN2O4. The fourth-order valence-electron chi connectivity index (χ4n) is 3.32. The van der Waals surface area contributed by atoms with Crippen molar-refractivity contribution in [2.75, 3.05) is 13.2 Å². The lowest BCUT2D eigenvalue weighted by molar-refractivity contribution is 0.0725. The highest BCUT2D eigenvalue weighted by Gasteiger charge is 2.29. The van der Waals surface area contributed by atoms with Gasteiger partial charge in [-0.3, -0.25) is 9.59 Å². The third-order valence-corrected chi connectivity index (χ3v) is 5.15. The number of halogens is 1. The molecule has 0 saturated carbocycles. The lowest BCUT2D eigenvalue weighted by Crippen LogP contribution is -2.39. The van der Waals surface area contributed by atoms with Gasteiger partial charge in [0.05, 0.1) is 23.7 Å². The zero-order valence-corrected chi connectivity index (χ0v) is 16.4. The molecule has 0 aliphatic carbocycles. The molecule has 2 aromatic rings. The van der Waals surface area contributed by atoms with Crippen LogP contribution < -0.4 is 10.3 Å². The number of hydrogen-bond acceptors (Lipinski definition) is 4. The first-order chi connectivity index (χ1) is 12.8. The number of amides is 1. The number of pyridine rings is 1. The van der Waals surface area contributed by atoms with Gasteiger partial charge in [-0.1, -0.05) is 17.7 Å². The smallest absolute Gasteiger partial charge is 0.256 e. The number of hydrogen-bond donors (Lipinski definition) is 2. The number of ether oxygens (including phenoxy) is 1. The van der Waals surface area contributed by atoms with Crippen LogP contribution in [0.2, 0.25) is 5.02 Å². The Hall–Kier alpha value is -2.31. The van der Waals surface area contributed by atoms with Crippen LogP contribution in [0.5, 0.6) is 5.75 Å². The van der Waals surface area contributed by atoms with Crippen molar-refractivity contribution >= 4 is 17.5 Å². The molecule has 1 aliphatic rings. The van der Waals surface area contributed by atoms with Crippen LogP contribution in [-0.2, 0) is 13.0 Å². The fourth-order valence-corrected chi connectivity index (χ4v) is 3.63. The lowest BCUT2D eigenvalue weighted by Gasteiger charge is -2.30. The van der Waals surface area contributed by atoms with Gasteiger partial charge in [-0.15, -0.1) is 0 Å². The topological polar surface area (TPSA) is 82.6 Å². The van der Waals surface area contributed by atoms with E-state index in [1.807, 2.05) is 26.0 Å². The molecule has 7 heteroatoms. The first-order valence-electron chi connectivity index (χ1n) is 8.89. The lowest BCUT2D eigenvalue weighted by atomic mass is 9.97. The molecule has 1 atom stereocenters. The molecule has 144 valence electrons. The molecule has 1 aromatic heterocycles. The SMILES string of the molecule is Cc1cc(C)c(CN2CCc3ccc(OC(C)CO)c(Cl)c3C2=O)c(=O)[nH]1. The van der Waals surface area contributed by atoms with Crippen molar-refractivity contribution in [1.29, 1.82) is 0 Å². The van der Waals surface area contributed by atoms with Gasteiger partial charge < -0.3 is 19.7 Å². The van der Waals surface area contributed by atoms with Crippen LogP contribution in [0, 0.1) is 13.8 Å². The van der Waals surface area contributed by atoms with Crippen LogP contribution >= 0.6 is 11.6 Å². The van der Waals surface area contributed by atoms with Gasteiger partial charge in [-0.25, -0.2) is 0 Å². The Bertz CT molecular complexity index is 938. The van der Waals surface area contributed by atoms with Crippen LogP contribution in [0.1, 0.15) is 39.7 Å². The first-order valence-corrected chi connectivity index (χ1v) is 9.27. The Morgan fingerprint density at radius 1 is 1.33 bits per heavy atom. The highest BCUT2D eigenvalue weighted by atomic mass is 35.5. The van der Waals surface area contributed by atoms with Crippen LogP contribution in [0.25, 0.3) is 0 Å². The molecule has 0 radical (unpaired) electrons. The van der Waals surface area contributed by atoms with E-state index in [1.54, 1.807) is 17.9 Å². The van der Waals surface area contributed by atoms with E-state index in [2.05, 4.69) is 4.98 Å². The Labute approximate surface area is 162 Å². The number of carbonyl (C=O) groups excluding carboxylic acids is 1. The zero-order valence-electron chi connectivity index (χ0n) is 15.6. The molecule has 1 aromatic carbocycles. The molecular weight excluding hydrogens is 368 g/mol. The molecule has 3 rings (SSSR count). The van der Waals surface area contributed by atoms with Crippen molar-refractivity contribution in [2.45, 2.75) is 39.8 Å². The Kier molecular flexibility index (Phi) is 5.58. The van der Waals surface area contributed by atoms with Gasteiger partial charge in [0, 0.05) is 17.8 Å². The van der Waals surface area contributed by atoms with Crippen molar-refractivity contribution in [3.05, 3.63) is 61.5 Å². The van der Waals surface area contributed by atoms with Crippen molar-refractivity contribution in [3.8, 4) is 5.75 Å². The maximum absolute atomic E-state index is 13.1. The molecule has 1 unspecified atom stereocenters. The predicted molar refractivity (Wildman–Crippen MR) is 104 cm³/mol. The van der Waals surface area contributed by atoms with Gasteiger partial charge in [-0.05, 0) is 50.5 Å². The monoisotopic (exact) mass is 390 g/mol. The molecule has 0 saturated heterocycles. The quantitative estimate of drug-likeness (QED) is 0.822. The van der Waals surface area contributed by atoms with E-state index in [0.717, 1.165) is 16.8 Å². The summed E-state index contributed by atoms with van der Waals surface area (Å²) < 4.78 is 5.61. The minimum atomic E-state index is -0.427. The second-order valence-electron chi connectivity index (χ2n) is 6.94. The number of aliphatic hydroxyl groups is 1. The van der Waals surface area contributed by atoms with Crippen molar-refractivity contribution < 1.29 is 14.6 Å². The second kappa shape index (κ2) is 7.74. The van der Waals surface area contributed by atoms with E-state index in [9.17, 15) is 14.7 Å². The van der Waals surface area contributed by atoms with E-state index >= 15 is 0 Å². The summed E-state index contributed by atoms with van der Waals surface area (Å²) in [6, 6.07) is 5.46. The van der Waals surface area contributed by atoms with Crippen molar-refractivity contribution in [1.82, 2.24) is 9.88 Å². The number of benzene rings is 1. The van der Waals surface area contributed by atoms with Gasteiger partial charge in [0.15, 0.2) is 0 Å². The molecule has 27 heavy (non-hydrogen) atoms. The minimum Gasteiger partial charge on any atom is -0.487 e. The Morgan fingerprint density at radius 2 is 2.07 bits per heavy atom. The van der Waals surface area contributed by atoms with Gasteiger partial charge in [0.2, 0.25) is 0 Å². The largest absolute Gasteiger partial charge is 0.487 e. The summed E-state index contributed by atoms with van der Waals surface area (Å²) in [6.07, 6.45) is 0.225. The summed E-state index contributed by atoms with van der Waals surface area (Å²) in [7, 11) is 0. The van der Waals surface area contributed by atoms with Crippen LogP contribution in [0.4, 0.5) is 0 Å². The third kappa shape index (κ3) is 3.87. The summed E-state index contributed by atoms with van der Waals surface area (Å²) >= 11 is 6.45. The summed E-state index contributed by atoms with van der Waals surface area (Å²) in [5.41, 5.74) is 3.32. The maximum Gasteiger partial charge on any atom is 0.256 e. The Morgan fingerprint density at radius 3 is 2.74 bits per heavy atom. The standard InChI is InChI=1S/C20H23ClN2O4/c1-11-8-12(2)22-19(25)15(11)9-23-7-6-14-4-5-16(27-13(3)10-24)18(21)17(14)20(23)26/h4-5,8,13,24H,6-7,9-10H2,1-3H3,(H,22,25). The normalized spacial score (nSPS) is 14.9. The van der Waals surface area contributed by atoms with Crippen molar-refractivity contribution in [2.24, 2.45) is 0 Å². The fraction of sp³-hybridized carbons (Fsp3) is 0.400. The highest BCUT2D eigenvalue weighted by Crippen LogP contribution is 2.35. The number of aromatic amines is 1. The summed E-state index contributed by atoms with van der Waals surface area (Å²) in [4.78, 5) is 29.8. The average Bonchev–Trinajstić information content (AvgIpc) is 2.61. The minimum absolute atomic E-state index is 0.150. The van der Waals surface area contributed by atoms with E-state index in [0.29, 0.717) is 29.8 Å². The number of aromatic nitrogens is 1. The number of H-pyrrole nitrogens is 1. The zero-order chi connectivity index (χ0) is 19.7. The molecule has 1 amide bonds. The number of rotatable bonds is 5. The van der Waals surface area contributed by atoms with Gasteiger partial charge in [-0.2, -0.15) is 0 Å². The van der Waals surface area contributed by atoms with E-state index in [1.165, 1.54) is 0 Å². The number of aryl methyl sites for hydroxylation is 2. The van der Waals surface area contributed by atoms with Gasteiger partial charge in [0.25, 0.3) is 11.5 Å². The van der Waals surface area contributed by atoms with E-state index in [4.69, 9.17) is 16.3 Å². The molecule has 0 spiro atoms. The number of nitrogens with one attached hydrogen (secondary N) is 1. The second-order valence-corrected chi connectivity index (χ2v) is 7.32. The maximum atomic E-state index is 13.1. The van der Waals surface area contributed by atoms with Gasteiger partial charge in [0.1, 0.15) is 11.9 Å². The van der Waals surface area contributed by atoms with Crippen molar-refractivity contribution in [3.63, 3.8) is 0 Å². The molecule has 2 N–H and O–H groups in total. The van der Waals surface area contributed by atoms with Gasteiger partial charge >= 0.3 is 0 Å². The average molecular weight is 391 g/mol. The van der Waals surface area contributed by atoms with Crippen LogP contribution in [0.15, 0.2) is 23.0 Å². The summed E-state index contributed by atoms with van der Waals surface area (Å²) in [6.45, 7) is 6.01. The molecule has 1 aliphatic heterocycles. The Balaban J connectivity index is 1.92. The molecule has 2 heterocycles. The third-order valence-electron chi connectivity index (χ3n) is 4.77. The highest BCUT2D eigenvalue weighted by molar-refractivity contribution is 6.35. The molecule has 6 nitrogen and oxygen atoms in total. The van der Waals surface area contributed by atoms with Crippen LogP contribution in [-0.4, -0.2) is 40.2 Å². The summed E-state index contributed by atoms with van der Waals surface area (Å²) in [5.74, 6) is 0.152. The number of nitrogens with zero attached hydrogens (tertiary/aromatic N) is 1. The van der Waals surface area contributed by atoms with E-state index < -0.39 is 6.10 Å². The number of fused-ring (bicyclic) bond motifs is 1. The predicted octanol–water partition coefficient (Wildman–Crippen LogP) is 2.60. The number of carbonyl (C=O) groups is 1. The van der Waals surface area contributed by atoms with E-state index in [-0.39, 0.29) is 29.6 Å². The molecule has 0 bridgehead atoms. The first kappa shape index (κ1) is 19.5. The number of aliphatic hydroxyl groups excluding tert-OH is 1. The summed E-state index contributed by atoms with van der Waals surface area (Å²) in [5, 5.41) is 9.43. The molecule has 0 fully saturated rings. The van der Waals surface area contributed by atoms with Crippen LogP contribution in [0.3, 0.4) is 0 Å².